The van der Waals surface area contributed by atoms with Crippen LogP contribution in [0.5, 0.6) is 0 Å². The van der Waals surface area contributed by atoms with Crippen molar-refractivity contribution in [3.05, 3.63) is 16.1 Å². The predicted molar refractivity (Wildman–Crippen MR) is 70.4 cm³/mol. The van der Waals surface area contributed by atoms with Crippen LogP contribution in [0, 0.1) is 9.49 Å². The van der Waals surface area contributed by atoms with Crippen molar-refractivity contribution in [3.63, 3.8) is 0 Å². The minimum absolute atomic E-state index is 0.246. The first-order valence-electron chi connectivity index (χ1n) is 5.39. The summed E-state index contributed by atoms with van der Waals surface area (Å²) >= 11 is 2.25. The van der Waals surface area contributed by atoms with Gasteiger partial charge in [0.25, 0.3) is 0 Å². The molecule has 0 saturated carbocycles. The Morgan fingerprint density at radius 3 is 2.75 bits per heavy atom. The van der Waals surface area contributed by atoms with Gasteiger partial charge < -0.3 is 4.90 Å². The first kappa shape index (κ1) is 11.8. The average Bonchev–Trinajstić information content (AvgIpc) is 2.30. The highest BCUT2D eigenvalue weighted by Gasteiger charge is 2.23. The van der Waals surface area contributed by atoms with E-state index < -0.39 is 0 Å². The molecule has 1 aliphatic rings. The third-order valence-corrected chi connectivity index (χ3v) is 3.78. The lowest BCUT2D eigenvalue weighted by Gasteiger charge is -2.32. The van der Waals surface area contributed by atoms with E-state index in [0.717, 1.165) is 35.3 Å². The van der Waals surface area contributed by atoms with Crippen molar-refractivity contribution >= 4 is 34.2 Å². The summed E-state index contributed by atoms with van der Waals surface area (Å²) in [5, 5.41) is 0. The summed E-state index contributed by atoms with van der Waals surface area (Å²) in [5.74, 6) is 1.56. The lowest BCUT2D eigenvalue weighted by molar-refractivity contribution is -0.121. The molecule has 0 spiro atoms. The molecule has 4 nitrogen and oxygen atoms in total. The smallest absolute Gasteiger partial charge is 0.145 e. The molecule has 1 saturated heterocycles. The summed E-state index contributed by atoms with van der Waals surface area (Å²) in [6.45, 7) is 3.52. The molecule has 0 aromatic carbocycles. The molecule has 1 aliphatic heterocycles. The van der Waals surface area contributed by atoms with Crippen molar-refractivity contribution in [2.45, 2.75) is 19.8 Å². The number of Topliss-reactive ketones (excluding diaryl/α,β-unsaturated/α-hetero) is 1. The lowest BCUT2D eigenvalue weighted by Crippen LogP contribution is -2.36. The molecule has 0 bridgehead atoms. The van der Waals surface area contributed by atoms with E-state index in [1.54, 1.807) is 13.3 Å². The fourth-order valence-corrected chi connectivity index (χ4v) is 2.68. The van der Waals surface area contributed by atoms with Crippen LogP contribution in [-0.2, 0) is 4.79 Å². The molecule has 2 rings (SSSR count). The second kappa shape index (κ2) is 5.07. The van der Waals surface area contributed by atoms with Crippen molar-refractivity contribution < 1.29 is 4.79 Å². The van der Waals surface area contributed by atoms with E-state index in [1.807, 2.05) is 6.20 Å². The Labute approximate surface area is 109 Å². The number of halogens is 1. The van der Waals surface area contributed by atoms with Crippen molar-refractivity contribution in [3.8, 4) is 0 Å². The molecular formula is C11H14IN3O. The third-order valence-electron chi connectivity index (χ3n) is 3.02. The van der Waals surface area contributed by atoms with Crippen LogP contribution in [0.4, 0.5) is 5.82 Å². The molecule has 0 aliphatic carbocycles. The molecule has 0 radical (unpaired) electrons. The molecular weight excluding hydrogens is 317 g/mol. The minimum Gasteiger partial charge on any atom is -0.356 e. The highest BCUT2D eigenvalue weighted by molar-refractivity contribution is 14.1. The van der Waals surface area contributed by atoms with E-state index in [4.69, 9.17) is 0 Å². The van der Waals surface area contributed by atoms with E-state index in [1.165, 1.54) is 0 Å². The number of piperidine rings is 1. The number of carbonyl (C=O) groups excluding carboxylic acids is 1. The van der Waals surface area contributed by atoms with Gasteiger partial charge in [0, 0.05) is 25.2 Å². The molecule has 0 unspecified atom stereocenters. The number of anilines is 1. The number of nitrogens with zero attached hydrogens (tertiary/aromatic N) is 3. The van der Waals surface area contributed by atoms with Crippen LogP contribution in [0.2, 0.25) is 0 Å². The van der Waals surface area contributed by atoms with Gasteiger partial charge in [-0.2, -0.15) is 0 Å². The Bertz CT molecular complexity index is 389. The average molecular weight is 331 g/mol. The first-order valence-corrected chi connectivity index (χ1v) is 6.47. The minimum atomic E-state index is 0.246. The SMILES string of the molecule is CC(=O)C1CCN(c2ncncc2I)CC1. The zero-order chi connectivity index (χ0) is 11.5. The molecule has 0 amide bonds. The topological polar surface area (TPSA) is 46.1 Å². The summed E-state index contributed by atoms with van der Waals surface area (Å²) < 4.78 is 1.07. The Morgan fingerprint density at radius 2 is 2.19 bits per heavy atom. The summed E-state index contributed by atoms with van der Waals surface area (Å²) in [6, 6.07) is 0. The Kier molecular flexibility index (Phi) is 3.73. The third kappa shape index (κ3) is 2.50. The number of hydrogen-bond donors (Lipinski definition) is 0. The zero-order valence-corrected chi connectivity index (χ0v) is 11.3. The summed E-state index contributed by atoms with van der Waals surface area (Å²) in [6.07, 6.45) is 5.28. The summed E-state index contributed by atoms with van der Waals surface area (Å²) in [7, 11) is 0. The van der Waals surface area contributed by atoms with Crippen LogP contribution in [-0.4, -0.2) is 28.8 Å². The Hall–Kier alpha value is -0.720. The molecule has 2 heterocycles. The van der Waals surface area contributed by atoms with Gasteiger partial charge in [-0.05, 0) is 42.4 Å². The lowest BCUT2D eigenvalue weighted by atomic mass is 9.93. The van der Waals surface area contributed by atoms with Gasteiger partial charge in [0.05, 0.1) is 3.57 Å². The van der Waals surface area contributed by atoms with Crippen LogP contribution < -0.4 is 4.90 Å². The van der Waals surface area contributed by atoms with Crippen LogP contribution in [0.1, 0.15) is 19.8 Å². The van der Waals surface area contributed by atoms with Crippen LogP contribution in [0.25, 0.3) is 0 Å². The molecule has 86 valence electrons. The van der Waals surface area contributed by atoms with Gasteiger partial charge in [-0.15, -0.1) is 0 Å². The largest absolute Gasteiger partial charge is 0.356 e. The Balaban J connectivity index is 2.05. The molecule has 0 N–H and O–H groups in total. The second-order valence-corrected chi connectivity index (χ2v) is 5.23. The first-order chi connectivity index (χ1) is 7.68. The molecule has 5 heteroatoms. The standard InChI is InChI=1S/C11H14IN3O/c1-8(16)9-2-4-15(5-3-9)11-10(12)6-13-7-14-11/h6-7,9H,2-5H2,1H3. The Morgan fingerprint density at radius 1 is 1.50 bits per heavy atom. The monoisotopic (exact) mass is 331 g/mol. The number of rotatable bonds is 2. The van der Waals surface area contributed by atoms with E-state index in [9.17, 15) is 4.79 Å². The van der Waals surface area contributed by atoms with Crippen molar-refractivity contribution in [1.82, 2.24) is 9.97 Å². The normalized spacial score (nSPS) is 17.5. The number of aromatic nitrogens is 2. The maximum Gasteiger partial charge on any atom is 0.145 e. The van der Waals surface area contributed by atoms with Gasteiger partial charge in [0.1, 0.15) is 17.9 Å². The van der Waals surface area contributed by atoms with Crippen LogP contribution >= 0.6 is 22.6 Å². The summed E-state index contributed by atoms with van der Waals surface area (Å²) in [5.41, 5.74) is 0. The van der Waals surface area contributed by atoms with Gasteiger partial charge in [0.15, 0.2) is 0 Å². The van der Waals surface area contributed by atoms with E-state index in [-0.39, 0.29) is 5.92 Å². The molecule has 1 aromatic heterocycles. The maximum atomic E-state index is 11.3. The number of hydrogen-bond acceptors (Lipinski definition) is 4. The highest BCUT2D eigenvalue weighted by atomic mass is 127. The van der Waals surface area contributed by atoms with E-state index >= 15 is 0 Å². The molecule has 16 heavy (non-hydrogen) atoms. The van der Waals surface area contributed by atoms with Gasteiger partial charge in [-0.1, -0.05) is 0 Å². The zero-order valence-electron chi connectivity index (χ0n) is 9.19. The molecule has 1 aromatic rings. The molecule has 1 fully saturated rings. The number of carbonyl (C=O) groups is 1. The van der Waals surface area contributed by atoms with Gasteiger partial charge >= 0.3 is 0 Å². The fraction of sp³-hybridized carbons (Fsp3) is 0.545. The second-order valence-electron chi connectivity index (χ2n) is 4.07. The summed E-state index contributed by atoms with van der Waals surface area (Å²) in [4.78, 5) is 21.8. The quantitative estimate of drug-likeness (QED) is 0.777. The van der Waals surface area contributed by atoms with Gasteiger partial charge in [-0.3, -0.25) is 4.79 Å². The molecule has 0 atom stereocenters. The van der Waals surface area contributed by atoms with E-state index in [0.29, 0.717) is 5.78 Å². The van der Waals surface area contributed by atoms with E-state index in [2.05, 4.69) is 37.5 Å². The fourth-order valence-electron chi connectivity index (χ4n) is 2.04. The van der Waals surface area contributed by atoms with Crippen LogP contribution in [0.3, 0.4) is 0 Å². The number of ketones is 1. The van der Waals surface area contributed by atoms with Crippen molar-refractivity contribution in [1.29, 1.82) is 0 Å². The van der Waals surface area contributed by atoms with Gasteiger partial charge in [-0.25, -0.2) is 9.97 Å². The van der Waals surface area contributed by atoms with Crippen LogP contribution in [0.15, 0.2) is 12.5 Å². The van der Waals surface area contributed by atoms with Crippen molar-refractivity contribution in [2.75, 3.05) is 18.0 Å². The highest BCUT2D eigenvalue weighted by Crippen LogP contribution is 2.25. The van der Waals surface area contributed by atoms with Gasteiger partial charge in [0.2, 0.25) is 0 Å². The maximum absolute atomic E-state index is 11.3. The predicted octanol–water partition coefficient (Wildman–Crippen LogP) is 1.89. The van der Waals surface area contributed by atoms with Crippen molar-refractivity contribution in [2.24, 2.45) is 5.92 Å².